The van der Waals surface area contributed by atoms with E-state index in [0.29, 0.717) is 11.6 Å². The standard InChI is InChI=1S/C10H12ClN3O/c11-9-4-12-7-13-10(9)14-3-1-2-8(5-14)6-15/h4,6-8H,1-3,5H2. The molecule has 5 heteroatoms. The number of aldehydes is 1. The van der Waals surface area contributed by atoms with Crippen molar-refractivity contribution in [1.29, 1.82) is 0 Å². The van der Waals surface area contributed by atoms with Crippen molar-refractivity contribution in [3.8, 4) is 0 Å². The summed E-state index contributed by atoms with van der Waals surface area (Å²) < 4.78 is 0. The molecule has 1 unspecified atom stereocenters. The van der Waals surface area contributed by atoms with Gasteiger partial charge in [0.1, 0.15) is 17.6 Å². The number of hydrogen-bond donors (Lipinski definition) is 0. The lowest BCUT2D eigenvalue weighted by atomic mass is 10.00. The summed E-state index contributed by atoms with van der Waals surface area (Å²) in [6.07, 6.45) is 6.04. The van der Waals surface area contributed by atoms with Gasteiger partial charge in [-0.2, -0.15) is 0 Å². The Balaban J connectivity index is 2.16. The maximum atomic E-state index is 10.7. The van der Waals surface area contributed by atoms with Crippen molar-refractivity contribution >= 4 is 23.7 Å². The van der Waals surface area contributed by atoms with Crippen LogP contribution in [0, 0.1) is 5.92 Å². The minimum Gasteiger partial charge on any atom is -0.355 e. The Labute approximate surface area is 93.3 Å². The average Bonchev–Trinajstić information content (AvgIpc) is 2.30. The molecule has 0 N–H and O–H groups in total. The van der Waals surface area contributed by atoms with Crippen LogP contribution in [0.4, 0.5) is 5.82 Å². The molecule has 80 valence electrons. The first kappa shape index (κ1) is 10.4. The number of rotatable bonds is 2. The zero-order chi connectivity index (χ0) is 10.7. The molecular weight excluding hydrogens is 214 g/mol. The highest BCUT2D eigenvalue weighted by Gasteiger charge is 2.21. The van der Waals surface area contributed by atoms with Crippen molar-refractivity contribution in [2.45, 2.75) is 12.8 Å². The Hall–Kier alpha value is -1.16. The maximum absolute atomic E-state index is 10.7. The monoisotopic (exact) mass is 225 g/mol. The van der Waals surface area contributed by atoms with Gasteiger partial charge >= 0.3 is 0 Å². The highest BCUT2D eigenvalue weighted by molar-refractivity contribution is 6.32. The van der Waals surface area contributed by atoms with Crippen LogP contribution in [-0.2, 0) is 4.79 Å². The summed E-state index contributed by atoms with van der Waals surface area (Å²) in [5.41, 5.74) is 0. The van der Waals surface area contributed by atoms with Crippen LogP contribution in [0.3, 0.4) is 0 Å². The number of nitrogens with zero attached hydrogens (tertiary/aromatic N) is 3. The third kappa shape index (κ3) is 2.26. The van der Waals surface area contributed by atoms with Crippen molar-refractivity contribution in [2.75, 3.05) is 18.0 Å². The highest BCUT2D eigenvalue weighted by Crippen LogP contribution is 2.25. The topological polar surface area (TPSA) is 46.1 Å². The fraction of sp³-hybridized carbons (Fsp3) is 0.500. The van der Waals surface area contributed by atoms with Gasteiger partial charge in [0.2, 0.25) is 0 Å². The minimum atomic E-state index is 0.102. The molecule has 1 aliphatic rings. The van der Waals surface area contributed by atoms with Crippen molar-refractivity contribution in [1.82, 2.24) is 9.97 Å². The van der Waals surface area contributed by atoms with Crippen LogP contribution < -0.4 is 4.90 Å². The molecule has 2 rings (SSSR count). The second kappa shape index (κ2) is 4.57. The van der Waals surface area contributed by atoms with E-state index >= 15 is 0 Å². The van der Waals surface area contributed by atoms with Gasteiger partial charge in [0.05, 0.1) is 6.20 Å². The largest absolute Gasteiger partial charge is 0.355 e. The number of hydrogen-bond acceptors (Lipinski definition) is 4. The quantitative estimate of drug-likeness (QED) is 0.717. The lowest BCUT2D eigenvalue weighted by Gasteiger charge is -2.31. The first-order valence-corrected chi connectivity index (χ1v) is 5.35. The van der Waals surface area contributed by atoms with Gasteiger partial charge in [-0.1, -0.05) is 11.6 Å². The van der Waals surface area contributed by atoms with E-state index in [-0.39, 0.29) is 5.92 Å². The molecule has 15 heavy (non-hydrogen) atoms. The maximum Gasteiger partial charge on any atom is 0.150 e. The van der Waals surface area contributed by atoms with Gasteiger partial charge in [0.15, 0.2) is 5.82 Å². The molecule has 1 atom stereocenters. The predicted octanol–water partition coefficient (Wildman–Crippen LogP) is 1.55. The molecule has 1 aromatic rings. The predicted molar refractivity (Wildman–Crippen MR) is 58.0 cm³/mol. The van der Waals surface area contributed by atoms with E-state index in [2.05, 4.69) is 9.97 Å². The molecule has 1 saturated heterocycles. The van der Waals surface area contributed by atoms with E-state index in [0.717, 1.165) is 31.5 Å². The number of halogens is 1. The molecule has 0 bridgehead atoms. The average molecular weight is 226 g/mol. The van der Waals surface area contributed by atoms with Crippen LogP contribution >= 0.6 is 11.6 Å². The zero-order valence-corrected chi connectivity index (χ0v) is 9.02. The normalized spacial score (nSPS) is 21.4. The summed E-state index contributed by atoms with van der Waals surface area (Å²) in [6, 6.07) is 0. The van der Waals surface area contributed by atoms with E-state index in [1.54, 1.807) is 6.20 Å². The van der Waals surface area contributed by atoms with E-state index < -0.39 is 0 Å². The van der Waals surface area contributed by atoms with Crippen molar-refractivity contribution < 1.29 is 4.79 Å². The zero-order valence-electron chi connectivity index (χ0n) is 8.27. The Morgan fingerprint density at radius 3 is 3.20 bits per heavy atom. The SMILES string of the molecule is O=CC1CCCN(c2ncncc2Cl)C1. The molecular formula is C10H12ClN3O. The molecule has 1 aromatic heterocycles. The molecule has 4 nitrogen and oxygen atoms in total. The van der Waals surface area contributed by atoms with E-state index in [1.165, 1.54) is 6.33 Å². The minimum absolute atomic E-state index is 0.102. The highest BCUT2D eigenvalue weighted by atomic mass is 35.5. The van der Waals surface area contributed by atoms with Gasteiger partial charge in [-0.3, -0.25) is 0 Å². The molecule has 0 aromatic carbocycles. The number of carbonyl (C=O) groups excluding carboxylic acids is 1. The van der Waals surface area contributed by atoms with Gasteiger partial charge in [0.25, 0.3) is 0 Å². The van der Waals surface area contributed by atoms with Gasteiger partial charge in [-0.25, -0.2) is 9.97 Å². The molecule has 1 fully saturated rings. The van der Waals surface area contributed by atoms with Crippen LogP contribution in [-0.4, -0.2) is 29.3 Å². The van der Waals surface area contributed by atoms with E-state index in [4.69, 9.17) is 11.6 Å². The van der Waals surface area contributed by atoms with Crippen molar-refractivity contribution in [3.63, 3.8) is 0 Å². The molecule has 0 spiro atoms. The third-order valence-electron chi connectivity index (χ3n) is 2.60. The number of piperidine rings is 1. The summed E-state index contributed by atoms with van der Waals surface area (Å²) in [5, 5.41) is 0.545. The van der Waals surface area contributed by atoms with Gasteiger partial charge in [-0.05, 0) is 12.8 Å². The fourth-order valence-corrected chi connectivity index (χ4v) is 2.08. The lowest BCUT2D eigenvalue weighted by Crippen LogP contribution is -2.36. The summed E-state index contributed by atoms with van der Waals surface area (Å²) in [6.45, 7) is 1.61. The Kier molecular flexibility index (Phi) is 3.16. The number of carbonyl (C=O) groups is 1. The van der Waals surface area contributed by atoms with Gasteiger partial charge < -0.3 is 9.69 Å². The van der Waals surface area contributed by atoms with E-state index in [9.17, 15) is 4.79 Å². The molecule has 2 heterocycles. The van der Waals surface area contributed by atoms with Crippen LogP contribution in [0.25, 0.3) is 0 Å². The fourth-order valence-electron chi connectivity index (χ4n) is 1.85. The van der Waals surface area contributed by atoms with Gasteiger partial charge in [-0.15, -0.1) is 0 Å². The van der Waals surface area contributed by atoms with Gasteiger partial charge in [0, 0.05) is 19.0 Å². The summed E-state index contributed by atoms with van der Waals surface area (Å²) >= 11 is 5.99. The van der Waals surface area contributed by atoms with Crippen LogP contribution in [0.5, 0.6) is 0 Å². The second-order valence-corrected chi connectivity index (χ2v) is 4.09. The van der Waals surface area contributed by atoms with Crippen LogP contribution in [0.1, 0.15) is 12.8 Å². The van der Waals surface area contributed by atoms with E-state index in [1.807, 2.05) is 4.90 Å². The Morgan fingerprint density at radius 2 is 2.47 bits per heavy atom. The Bertz CT molecular complexity index is 358. The van der Waals surface area contributed by atoms with Crippen molar-refractivity contribution in [3.05, 3.63) is 17.5 Å². The summed E-state index contributed by atoms with van der Waals surface area (Å²) in [4.78, 5) is 20.8. The number of aromatic nitrogens is 2. The first-order chi connectivity index (χ1) is 7.31. The molecule has 0 aliphatic carbocycles. The van der Waals surface area contributed by atoms with Crippen LogP contribution in [0.2, 0.25) is 5.02 Å². The lowest BCUT2D eigenvalue weighted by molar-refractivity contribution is -0.111. The molecule has 0 saturated carbocycles. The first-order valence-electron chi connectivity index (χ1n) is 4.97. The second-order valence-electron chi connectivity index (χ2n) is 3.68. The van der Waals surface area contributed by atoms with Crippen molar-refractivity contribution in [2.24, 2.45) is 5.92 Å². The summed E-state index contributed by atoms with van der Waals surface area (Å²) in [5.74, 6) is 0.836. The van der Waals surface area contributed by atoms with Crippen LogP contribution in [0.15, 0.2) is 12.5 Å². The number of anilines is 1. The molecule has 0 radical (unpaired) electrons. The summed E-state index contributed by atoms with van der Waals surface area (Å²) in [7, 11) is 0. The third-order valence-corrected chi connectivity index (χ3v) is 2.86. The Morgan fingerprint density at radius 1 is 1.60 bits per heavy atom. The smallest absolute Gasteiger partial charge is 0.150 e. The molecule has 1 aliphatic heterocycles. The molecule has 0 amide bonds.